The number of carbonyl (C=O) groups is 1. The molecule has 0 spiro atoms. The van der Waals surface area contributed by atoms with Crippen molar-refractivity contribution in [3.63, 3.8) is 0 Å². The smallest absolute Gasteiger partial charge is 0.226 e. The fraction of sp³-hybridized carbons (Fsp3) is 0.348. The number of aliphatic hydroxyl groups is 1. The van der Waals surface area contributed by atoms with Gasteiger partial charge in [0.1, 0.15) is 18.2 Å². The first-order valence-electron chi connectivity index (χ1n) is 10.5. The Hall–Kier alpha value is -3.64. The summed E-state index contributed by atoms with van der Waals surface area (Å²) in [5.41, 5.74) is 1.68. The number of benzene rings is 2. The summed E-state index contributed by atoms with van der Waals surface area (Å²) in [5, 5.41) is 30.9. The molecule has 8 nitrogen and oxygen atoms in total. The number of carbonyl (C=O) groups excluding carboxylic acids is 1. The van der Waals surface area contributed by atoms with E-state index in [1.165, 1.54) is 18.5 Å². The number of aromatic nitrogens is 4. The molecular formula is C23H23FN6O2. The number of nitrogens with zero attached hydrogens (tertiary/aromatic N) is 6. The standard InChI is InChI=1S/C23H23FN6O2/c24-21-6-3-18(13-19(21)15-25)7-8-23(32)9-11-29(12-10-23)22(31)14-17-1-4-20(5-2-17)30-16-26-27-28-30/h1-6,13,16,32H,7-12,14H2. The zero-order valence-corrected chi connectivity index (χ0v) is 17.5. The van der Waals surface area contributed by atoms with Crippen LogP contribution in [0.4, 0.5) is 4.39 Å². The van der Waals surface area contributed by atoms with Crippen LogP contribution in [0.5, 0.6) is 0 Å². The Labute approximate surface area is 184 Å². The first-order chi connectivity index (χ1) is 15.5. The quantitative estimate of drug-likeness (QED) is 0.637. The van der Waals surface area contributed by atoms with Crippen molar-refractivity contribution in [2.24, 2.45) is 0 Å². The van der Waals surface area contributed by atoms with Gasteiger partial charge < -0.3 is 10.0 Å². The van der Waals surface area contributed by atoms with E-state index in [1.54, 1.807) is 15.6 Å². The summed E-state index contributed by atoms with van der Waals surface area (Å²) in [5.74, 6) is -0.508. The van der Waals surface area contributed by atoms with Crippen molar-refractivity contribution in [3.05, 3.63) is 71.3 Å². The summed E-state index contributed by atoms with van der Waals surface area (Å²) < 4.78 is 15.0. The first-order valence-corrected chi connectivity index (χ1v) is 10.5. The minimum absolute atomic E-state index is 0.0147. The number of likely N-dealkylation sites (tertiary alicyclic amines) is 1. The lowest BCUT2D eigenvalue weighted by molar-refractivity contribution is -0.134. The van der Waals surface area contributed by atoms with Crippen molar-refractivity contribution in [2.45, 2.75) is 37.7 Å². The van der Waals surface area contributed by atoms with E-state index < -0.39 is 11.4 Å². The van der Waals surface area contributed by atoms with E-state index >= 15 is 0 Å². The van der Waals surface area contributed by atoms with Gasteiger partial charge in [0.15, 0.2) is 0 Å². The van der Waals surface area contributed by atoms with Crippen LogP contribution in [-0.4, -0.2) is 54.8 Å². The number of nitriles is 1. The topological polar surface area (TPSA) is 108 Å². The van der Waals surface area contributed by atoms with E-state index in [0.29, 0.717) is 45.2 Å². The van der Waals surface area contributed by atoms with Crippen LogP contribution in [0.2, 0.25) is 0 Å². The zero-order chi connectivity index (χ0) is 22.6. The summed E-state index contributed by atoms with van der Waals surface area (Å²) in [6.07, 6.45) is 3.83. The number of amides is 1. The SMILES string of the molecule is N#Cc1cc(CCC2(O)CCN(C(=O)Cc3ccc(-n4cnnn4)cc3)CC2)ccc1F. The van der Waals surface area contributed by atoms with E-state index in [1.807, 2.05) is 30.3 Å². The lowest BCUT2D eigenvalue weighted by Crippen LogP contribution is -2.47. The average molecular weight is 434 g/mol. The number of hydrogen-bond donors (Lipinski definition) is 1. The van der Waals surface area contributed by atoms with Crippen molar-refractivity contribution in [1.29, 1.82) is 5.26 Å². The van der Waals surface area contributed by atoms with Crippen LogP contribution in [0.25, 0.3) is 5.69 Å². The summed E-state index contributed by atoms with van der Waals surface area (Å²) >= 11 is 0. The van der Waals surface area contributed by atoms with Gasteiger partial charge in [-0.1, -0.05) is 18.2 Å². The van der Waals surface area contributed by atoms with Gasteiger partial charge in [0, 0.05) is 13.1 Å². The van der Waals surface area contributed by atoms with Gasteiger partial charge in [0.05, 0.1) is 23.3 Å². The molecule has 1 amide bonds. The second-order valence-corrected chi connectivity index (χ2v) is 8.13. The van der Waals surface area contributed by atoms with Gasteiger partial charge in [-0.25, -0.2) is 9.07 Å². The van der Waals surface area contributed by atoms with Gasteiger partial charge in [0.25, 0.3) is 0 Å². The van der Waals surface area contributed by atoms with E-state index in [0.717, 1.165) is 16.8 Å². The molecule has 1 aromatic heterocycles. The second kappa shape index (κ2) is 9.24. The van der Waals surface area contributed by atoms with Crippen molar-refractivity contribution in [3.8, 4) is 11.8 Å². The third-order valence-electron chi connectivity index (χ3n) is 5.98. The Morgan fingerprint density at radius 2 is 1.88 bits per heavy atom. The molecule has 0 radical (unpaired) electrons. The maximum absolute atomic E-state index is 13.5. The third kappa shape index (κ3) is 4.98. The Balaban J connectivity index is 1.28. The maximum atomic E-state index is 13.5. The van der Waals surface area contributed by atoms with Crippen LogP contribution >= 0.6 is 0 Å². The molecule has 1 fully saturated rings. The molecular weight excluding hydrogens is 411 g/mol. The molecule has 3 aromatic rings. The summed E-state index contributed by atoms with van der Waals surface area (Å²) in [6.45, 7) is 0.982. The zero-order valence-electron chi connectivity index (χ0n) is 17.5. The third-order valence-corrected chi connectivity index (χ3v) is 5.98. The molecule has 0 aliphatic carbocycles. The van der Waals surface area contributed by atoms with Crippen LogP contribution in [0.1, 0.15) is 36.0 Å². The fourth-order valence-electron chi connectivity index (χ4n) is 3.95. The fourth-order valence-corrected chi connectivity index (χ4v) is 3.95. The Bertz CT molecular complexity index is 1120. The molecule has 1 aliphatic rings. The molecule has 4 rings (SSSR count). The van der Waals surface area contributed by atoms with E-state index in [2.05, 4.69) is 15.5 Å². The number of aryl methyl sites for hydroxylation is 1. The lowest BCUT2D eigenvalue weighted by atomic mass is 9.85. The van der Waals surface area contributed by atoms with E-state index in [4.69, 9.17) is 5.26 Å². The number of halogens is 1. The highest BCUT2D eigenvalue weighted by atomic mass is 19.1. The average Bonchev–Trinajstić information content (AvgIpc) is 3.34. The molecule has 1 saturated heterocycles. The van der Waals surface area contributed by atoms with Crippen molar-refractivity contribution in [2.75, 3.05) is 13.1 Å². The molecule has 1 aliphatic heterocycles. The summed E-state index contributed by atoms with van der Waals surface area (Å²) in [6, 6.07) is 13.8. The van der Waals surface area contributed by atoms with Crippen LogP contribution in [-0.2, 0) is 17.6 Å². The number of hydrogen-bond acceptors (Lipinski definition) is 6. The van der Waals surface area contributed by atoms with Gasteiger partial charge in [-0.15, -0.1) is 5.10 Å². The molecule has 0 unspecified atom stereocenters. The molecule has 32 heavy (non-hydrogen) atoms. The van der Waals surface area contributed by atoms with Crippen LogP contribution < -0.4 is 0 Å². The molecule has 0 bridgehead atoms. The van der Waals surface area contributed by atoms with E-state index in [-0.39, 0.29) is 11.5 Å². The Morgan fingerprint density at radius 3 is 2.53 bits per heavy atom. The van der Waals surface area contributed by atoms with Crippen LogP contribution in [0.3, 0.4) is 0 Å². The van der Waals surface area contributed by atoms with Crippen LogP contribution in [0.15, 0.2) is 48.8 Å². The van der Waals surface area contributed by atoms with Gasteiger partial charge in [-0.05, 0) is 71.5 Å². The van der Waals surface area contributed by atoms with Crippen molar-refractivity contribution in [1.82, 2.24) is 25.1 Å². The first kappa shape index (κ1) is 21.6. The monoisotopic (exact) mass is 434 g/mol. The maximum Gasteiger partial charge on any atom is 0.226 e. The number of piperidine rings is 1. The molecule has 2 aromatic carbocycles. The van der Waals surface area contributed by atoms with Crippen molar-refractivity contribution < 1.29 is 14.3 Å². The highest BCUT2D eigenvalue weighted by Crippen LogP contribution is 2.28. The van der Waals surface area contributed by atoms with Gasteiger partial charge in [-0.2, -0.15) is 5.26 Å². The molecule has 1 N–H and O–H groups in total. The van der Waals surface area contributed by atoms with E-state index in [9.17, 15) is 14.3 Å². The molecule has 0 atom stereocenters. The minimum Gasteiger partial charge on any atom is -0.390 e. The Morgan fingerprint density at radius 1 is 1.16 bits per heavy atom. The number of tetrazole rings is 1. The number of rotatable bonds is 6. The Kier molecular flexibility index (Phi) is 6.23. The lowest BCUT2D eigenvalue weighted by Gasteiger charge is -2.38. The predicted octanol–water partition coefficient (Wildman–Crippen LogP) is 2.20. The highest BCUT2D eigenvalue weighted by molar-refractivity contribution is 5.79. The highest BCUT2D eigenvalue weighted by Gasteiger charge is 2.33. The molecule has 0 saturated carbocycles. The van der Waals surface area contributed by atoms with Crippen molar-refractivity contribution >= 4 is 5.91 Å². The molecule has 9 heteroatoms. The summed E-state index contributed by atoms with van der Waals surface area (Å²) in [7, 11) is 0. The molecule has 164 valence electrons. The minimum atomic E-state index is -0.870. The van der Waals surface area contributed by atoms with Gasteiger partial charge >= 0.3 is 0 Å². The normalized spacial score (nSPS) is 15.3. The van der Waals surface area contributed by atoms with Crippen LogP contribution in [0, 0.1) is 17.1 Å². The van der Waals surface area contributed by atoms with Gasteiger partial charge in [-0.3, -0.25) is 4.79 Å². The second-order valence-electron chi connectivity index (χ2n) is 8.13. The largest absolute Gasteiger partial charge is 0.390 e. The summed E-state index contributed by atoms with van der Waals surface area (Å²) in [4.78, 5) is 14.5. The van der Waals surface area contributed by atoms with Gasteiger partial charge in [0.2, 0.25) is 5.91 Å². The predicted molar refractivity (Wildman–Crippen MR) is 113 cm³/mol. The molecule has 2 heterocycles.